The molecule has 0 amide bonds. The van der Waals surface area contributed by atoms with Gasteiger partial charge >= 0.3 is 5.97 Å². The second kappa shape index (κ2) is 4.34. The molecule has 1 aliphatic rings. The number of hydrogen-bond acceptors (Lipinski definition) is 5. The molecule has 1 heterocycles. The van der Waals surface area contributed by atoms with Crippen molar-refractivity contribution in [3.63, 3.8) is 0 Å². The fraction of sp³-hybridized carbons (Fsp3) is 0.571. The van der Waals surface area contributed by atoms with E-state index >= 15 is 0 Å². The normalized spacial score (nSPS) is 20.4. The van der Waals surface area contributed by atoms with Crippen LogP contribution in [-0.2, 0) is 14.4 Å². The lowest BCUT2D eigenvalue weighted by molar-refractivity contribution is -0.139. The molecule has 1 unspecified atom stereocenters. The zero-order valence-electron chi connectivity index (χ0n) is 7.60. The summed E-state index contributed by atoms with van der Waals surface area (Å²) >= 11 is 0. The highest BCUT2D eigenvalue weighted by Gasteiger charge is 2.27. The van der Waals surface area contributed by atoms with Gasteiger partial charge in [0.05, 0.1) is 6.54 Å². The lowest BCUT2D eigenvalue weighted by Gasteiger charge is -2.25. The molecular weight excluding hydrogens is 187 g/mol. The van der Waals surface area contributed by atoms with Crippen LogP contribution in [0.3, 0.4) is 0 Å². The van der Waals surface area contributed by atoms with Crippen molar-refractivity contribution < 1.29 is 19.5 Å². The van der Waals surface area contributed by atoms with Gasteiger partial charge in [0.1, 0.15) is 6.04 Å². The minimum absolute atomic E-state index is 0.0141. The van der Waals surface area contributed by atoms with Crippen LogP contribution in [0.4, 0.5) is 0 Å². The molecule has 1 fully saturated rings. The maximum atomic E-state index is 11.0. The summed E-state index contributed by atoms with van der Waals surface area (Å²) in [5, 5.41) is 8.53. The Hall–Kier alpha value is -1.21. The summed E-state index contributed by atoms with van der Waals surface area (Å²) < 4.78 is 0. The van der Waals surface area contributed by atoms with Crippen molar-refractivity contribution in [2.45, 2.75) is 12.4 Å². The minimum Gasteiger partial charge on any atom is -0.480 e. The van der Waals surface area contributed by atoms with Gasteiger partial charge in [-0.05, 0) is 0 Å². The molecule has 14 heavy (non-hydrogen) atoms. The fourth-order valence-corrected chi connectivity index (χ4v) is 1.28. The molecule has 1 saturated heterocycles. The number of rotatable bonds is 3. The molecule has 0 aliphatic carbocycles. The van der Waals surface area contributed by atoms with E-state index in [9.17, 15) is 14.4 Å². The van der Waals surface area contributed by atoms with E-state index in [1.165, 1.54) is 0 Å². The molecule has 7 heteroatoms. The number of carbonyl (C=O) groups excluding carboxylic acids is 2. The molecule has 0 aromatic heterocycles. The smallest absolute Gasteiger partial charge is 0.321 e. The molecule has 0 spiro atoms. The van der Waals surface area contributed by atoms with Crippen LogP contribution in [0.1, 0.15) is 0 Å². The van der Waals surface area contributed by atoms with Gasteiger partial charge in [-0.1, -0.05) is 0 Å². The molecule has 0 aromatic carbocycles. The van der Waals surface area contributed by atoms with Gasteiger partial charge in [0.2, 0.25) is 13.2 Å². The Morgan fingerprint density at radius 2 is 2.21 bits per heavy atom. The first-order valence-corrected chi connectivity index (χ1v) is 4.27. The van der Waals surface area contributed by atoms with E-state index in [0.717, 1.165) is 0 Å². The molecule has 0 aromatic rings. The van der Waals surface area contributed by atoms with Crippen molar-refractivity contribution in [1.29, 1.82) is 0 Å². The average molecular weight is 198 g/mol. The van der Waals surface area contributed by atoms with Crippen molar-refractivity contribution in [1.82, 2.24) is 4.81 Å². The SMILES string of the molecule is NC(CN1BCC(=O)C(=O)C1)C(=O)O. The monoisotopic (exact) mass is 198 g/mol. The van der Waals surface area contributed by atoms with Gasteiger partial charge in [-0.3, -0.25) is 14.4 Å². The van der Waals surface area contributed by atoms with Gasteiger partial charge in [0.25, 0.3) is 0 Å². The molecule has 0 bridgehead atoms. The Morgan fingerprint density at radius 3 is 2.71 bits per heavy atom. The van der Waals surface area contributed by atoms with Gasteiger partial charge in [-0.2, -0.15) is 0 Å². The van der Waals surface area contributed by atoms with Gasteiger partial charge in [-0.15, -0.1) is 0 Å². The summed E-state index contributed by atoms with van der Waals surface area (Å²) in [7, 11) is 0.408. The lowest BCUT2D eigenvalue weighted by Crippen LogP contribution is -2.50. The van der Waals surface area contributed by atoms with E-state index in [1.54, 1.807) is 4.81 Å². The molecule has 3 N–H and O–H groups in total. The number of aliphatic carboxylic acids is 1. The second-order valence-corrected chi connectivity index (χ2v) is 3.28. The number of carboxylic acid groups (broad SMARTS) is 1. The summed E-state index contributed by atoms with van der Waals surface area (Å²) in [6.07, 6.45) is 0.158. The lowest BCUT2D eigenvalue weighted by atomic mass is 9.78. The van der Waals surface area contributed by atoms with Gasteiger partial charge in [0.15, 0.2) is 5.78 Å². The third-order valence-electron chi connectivity index (χ3n) is 2.11. The molecule has 1 rings (SSSR count). The summed E-state index contributed by atoms with van der Waals surface area (Å²) in [6.45, 7) is 0.0914. The second-order valence-electron chi connectivity index (χ2n) is 3.28. The zero-order chi connectivity index (χ0) is 10.7. The maximum Gasteiger partial charge on any atom is 0.321 e. The molecule has 76 valence electrons. The van der Waals surface area contributed by atoms with Crippen LogP contribution in [0.25, 0.3) is 0 Å². The topological polar surface area (TPSA) is 101 Å². The van der Waals surface area contributed by atoms with Crippen LogP contribution in [0, 0.1) is 0 Å². The first kappa shape index (κ1) is 10.9. The largest absolute Gasteiger partial charge is 0.480 e. The predicted octanol–water partition coefficient (Wildman–Crippen LogP) is -2.38. The van der Waals surface area contributed by atoms with Crippen LogP contribution in [0.5, 0.6) is 0 Å². The minimum atomic E-state index is -1.10. The Morgan fingerprint density at radius 1 is 1.57 bits per heavy atom. The highest BCUT2D eigenvalue weighted by molar-refractivity contribution is 6.54. The van der Waals surface area contributed by atoms with Crippen LogP contribution in [-0.4, -0.2) is 54.0 Å². The van der Waals surface area contributed by atoms with Crippen molar-refractivity contribution in [3.05, 3.63) is 0 Å². The highest BCUT2D eigenvalue weighted by Crippen LogP contribution is 2.01. The maximum absolute atomic E-state index is 11.0. The van der Waals surface area contributed by atoms with E-state index in [-0.39, 0.29) is 25.2 Å². The predicted molar refractivity (Wildman–Crippen MR) is 49.2 cm³/mol. The molecular formula is C7H11BN2O4. The number of nitrogens with two attached hydrogens (primary N) is 1. The van der Waals surface area contributed by atoms with Crippen LogP contribution in [0.2, 0.25) is 6.32 Å². The Bertz CT molecular complexity index is 281. The summed E-state index contributed by atoms with van der Waals surface area (Å²) in [6, 6.07) is -1.00. The average Bonchev–Trinajstić information content (AvgIpc) is 2.11. The Balaban J connectivity index is 2.44. The first-order valence-electron chi connectivity index (χ1n) is 4.27. The molecule has 1 atom stereocenters. The van der Waals surface area contributed by atoms with Gasteiger partial charge in [0, 0.05) is 12.9 Å². The highest BCUT2D eigenvalue weighted by atomic mass is 16.4. The number of carbonyl (C=O) groups is 3. The third-order valence-corrected chi connectivity index (χ3v) is 2.11. The molecule has 0 saturated carbocycles. The van der Waals surface area contributed by atoms with Crippen molar-refractivity contribution in [3.8, 4) is 0 Å². The van der Waals surface area contributed by atoms with E-state index in [4.69, 9.17) is 10.8 Å². The summed E-state index contributed by atoms with van der Waals surface area (Å²) in [4.78, 5) is 33.8. The quantitative estimate of drug-likeness (QED) is 0.388. The van der Waals surface area contributed by atoms with Crippen LogP contribution in [0.15, 0.2) is 0 Å². The first-order chi connectivity index (χ1) is 6.50. The van der Waals surface area contributed by atoms with Crippen molar-refractivity contribution in [2.75, 3.05) is 13.1 Å². The number of Topliss-reactive ketones (excluding diaryl/α,β-unsaturated/α-hetero) is 2. The number of nitrogens with zero attached hydrogens (tertiary/aromatic N) is 1. The number of ketones is 2. The molecule has 1 aliphatic heterocycles. The van der Waals surface area contributed by atoms with Crippen molar-refractivity contribution in [2.24, 2.45) is 5.73 Å². The number of carboxylic acids is 1. The molecule has 0 radical (unpaired) electrons. The zero-order valence-corrected chi connectivity index (χ0v) is 7.60. The number of hydrogen-bond donors (Lipinski definition) is 2. The van der Waals surface area contributed by atoms with Gasteiger partial charge in [-0.25, -0.2) is 0 Å². The Labute approximate surface area is 81.3 Å². The van der Waals surface area contributed by atoms with Crippen LogP contribution >= 0.6 is 0 Å². The van der Waals surface area contributed by atoms with E-state index in [2.05, 4.69) is 0 Å². The summed E-state index contributed by atoms with van der Waals surface area (Å²) in [5.74, 6) is -1.95. The fourth-order valence-electron chi connectivity index (χ4n) is 1.28. The standard InChI is InChI=1S/C7H11BN2O4/c9-4(7(13)14)2-10-3-6(12)5(11)1-8-10/h4,8H,1-3,9H2,(H,13,14). The van der Waals surface area contributed by atoms with E-state index in [1.807, 2.05) is 0 Å². The molecule has 6 nitrogen and oxygen atoms in total. The van der Waals surface area contributed by atoms with Crippen molar-refractivity contribution >= 4 is 25.0 Å². The van der Waals surface area contributed by atoms with E-state index in [0.29, 0.717) is 7.41 Å². The third kappa shape index (κ3) is 2.64. The van der Waals surface area contributed by atoms with E-state index < -0.39 is 17.8 Å². The summed E-state index contributed by atoms with van der Waals surface area (Å²) in [5.41, 5.74) is 5.29. The van der Waals surface area contributed by atoms with Crippen LogP contribution < -0.4 is 5.73 Å². The Kier molecular flexibility index (Phi) is 3.37. The van der Waals surface area contributed by atoms with Gasteiger partial charge < -0.3 is 15.7 Å².